The van der Waals surface area contributed by atoms with Crippen LogP contribution in [-0.2, 0) is 11.3 Å². The lowest BCUT2D eigenvalue weighted by Gasteiger charge is -2.10. The third-order valence-corrected chi connectivity index (χ3v) is 3.45. The van der Waals surface area contributed by atoms with Gasteiger partial charge in [0.15, 0.2) is 0 Å². The first kappa shape index (κ1) is 17.4. The molecule has 0 spiro atoms. The Morgan fingerprint density at radius 2 is 1.96 bits per heavy atom. The molecule has 7 nitrogen and oxygen atoms in total. The van der Waals surface area contributed by atoms with Crippen LogP contribution in [0.25, 0.3) is 11.5 Å². The second-order valence-electron chi connectivity index (χ2n) is 5.32. The second-order valence-corrected chi connectivity index (χ2v) is 5.32. The predicted octanol–water partition coefficient (Wildman–Crippen LogP) is 2.68. The molecule has 2 aromatic carbocycles. The SMILES string of the molecule is CCOc1ccccc1NC(=O)Cn1nc(-c2ccc(F)cc2)oc1=O. The summed E-state index contributed by atoms with van der Waals surface area (Å²) in [6, 6.07) is 12.3. The number of carbonyl (C=O) groups is 1. The lowest BCUT2D eigenvalue weighted by molar-refractivity contribution is -0.117. The highest BCUT2D eigenvalue weighted by atomic mass is 19.1. The zero-order valence-corrected chi connectivity index (χ0v) is 13.9. The Balaban J connectivity index is 1.74. The molecule has 1 aromatic heterocycles. The summed E-state index contributed by atoms with van der Waals surface area (Å²) in [5.74, 6) is -1.11. The van der Waals surface area contributed by atoms with Gasteiger partial charge in [0.25, 0.3) is 0 Å². The first-order valence-electron chi connectivity index (χ1n) is 7.92. The van der Waals surface area contributed by atoms with Crippen molar-refractivity contribution in [3.05, 3.63) is 64.9 Å². The van der Waals surface area contributed by atoms with Gasteiger partial charge in [-0.15, -0.1) is 5.10 Å². The van der Waals surface area contributed by atoms with Crippen molar-refractivity contribution in [2.45, 2.75) is 13.5 Å². The zero-order chi connectivity index (χ0) is 18.5. The Kier molecular flexibility index (Phi) is 5.12. The molecule has 3 rings (SSSR count). The van der Waals surface area contributed by atoms with Gasteiger partial charge in [0.2, 0.25) is 11.8 Å². The smallest absolute Gasteiger partial charge is 0.437 e. The Morgan fingerprint density at radius 1 is 1.23 bits per heavy atom. The van der Waals surface area contributed by atoms with Gasteiger partial charge in [-0.2, -0.15) is 4.68 Å². The van der Waals surface area contributed by atoms with Crippen LogP contribution in [0.3, 0.4) is 0 Å². The number of hydrogen-bond donors (Lipinski definition) is 1. The number of rotatable bonds is 6. The van der Waals surface area contributed by atoms with Crippen LogP contribution in [0.1, 0.15) is 6.92 Å². The Morgan fingerprint density at radius 3 is 2.69 bits per heavy atom. The number of carbonyl (C=O) groups excluding carboxylic acids is 1. The molecule has 3 aromatic rings. The molecule has 0 fully saturated rings. The Hall–Kier alpha value is -3.42. The van der Waals surface area contributed by atoms with E-state index in [1.165, 1.54) is 24.3 Å². The number of ether oxygens (including phenoxy) is 1. The molecule has 0 unspecified atom stereocenters. The predicted molar refractivity (Wildman–Crippen MR) is 92.4 cm³/mol. The summed E-state index contributed by atoms with van der Waals surface area (Å²) in [6.45, 7) is 1.96. The molecule has 134 valence electrons. The molecule has 1 heterocycles. The lowest BCUT2D eigenvalue weighted by Crippen LogP contribution is -2.26. The molecule has 8 heteroatoms. The first-order chi connectivity index (χ1) is 12.6. The normalized spacial score (nSPS) is 10.5. The van der Waals surface area contributed by atoms with Crippen LogP contribution >= 0.6 is 0 Å². The summed E-state index contributed by atoms with van der Waals surface area (Å²) in [5, 5.41) is 6.65. The summed E-state index contributed by atoms with van der Waals surface area (Å²) in [6.07, 6.45) is 0. The third kappa shape index (κ3) is 3.97. The molecule has 0 saturated heterocycles. The number of nitrogens with zero attached hydrogens (tertiary/aromatic N) is 2. The molecular formula is C18H16FN3O4. The van der Waals surface area contributed by atoms with Crippen LogP contribution in [0.15, 0.2) is 57.7 Å². The maximum atomic E-state index is 13.0. The van der Waals surface area contributed by atoms with Crippen molar-refractivity contribution in [1.82, 2.24) is 9.78 Å². The topological polar surface area (TPSA) is 86.4 Å². The van der Waals surface area contributed by atoms with Crippen LogP contribution in [0, 0.1) is 5.82 Å². The van der Waals surface area contributed by atoms with Gasteiger partial charge in [0.1, 0.15) is 18.1 Å². The molecule has 0 radical (unpaired) electrons. The van der Waals surface area contributed by atoms with Crippen LogP contribution in [0.5, 0.6) is 5.75 Å². The zero-order valence-electron chi connectivity index (χ0n) is 13.9. The van der Waals surface area contributed by atoms with E-state index >= 15 is 0 Å². The quantitative estimate of drug-likeness (QED) is 0.733. The van der Waals surface area contributed by atoms with Gasteiger partial charge in [-0.1, -0.05) is 12.1 Å². The van der Waals surface area contributed by atoms with Crippen LogP contribution in [0.2, 0.25) is 0 Å². The van der Waals surface area contributed by atoms with Gasteiger partial charge >= 0.3 is 5.76 Å². The number of benzene rings is 2. The van der Waals surface area contributed by atoms with Crippen molar-refractivity contribution in [2.24, 2.45) is 0 Å². The van der Waals surface area contributed by atoms with Crippen molar-refractivity contribution in [2.75, 3.05) is 11.9 Å². The van der Waals surface area contributed by atoms with Crippen molar-refractivity contribution in [3.8, 4) is 17.2 Å². The maximum Gasteiger partial charge on any atom is 0.437 e. The minimum Gasteiger partial charge on any atom is -0.492 e. The molecule has 0 aliphatic carbocycles. The van der Waals surface area contributed by atoms with Crippen molar-refractivity contribution in [1.29, 1.82) is 0 Å². The molecule has 0 aliphatic rings. The fourth-order valence-electron chi connectivity index (χ4n) is 2.29. The number of para-hydroxylation sites is 2. The van der Waals surface area contributed by atoms with E-state index in [0.29, 0.717) is 23.6 Å². The van der Waals surface area contributed by atoms with Crippen LogP contribution in [0.4, 0.5) is 10.1 Å². The number of nitrogens with one attached hydrogen (secondary N) is 1. The summed E-state index contributed by atoms with van der Waals surface area (Å²) in [7, 11) is 0. The fourth-order valence-corrected chi connectivity index (χ4v) is 2.29. The van der Waals surface area contributed by atoms with Crippen molar-refractivity contribution in [3.63, 3.8) is 0 Å². The molecule has 0 bridgehead atoms. The average molecular weight is 357 g/mol. The molecular weight excluding hydrogens is 341 g/mol. The number of halogens is 1. The van der Waals surface area contributed by atoms with E-state index in [1.807, 2.05) is 6.92 Å². The van der Waals surface area contributed by atoms with E-state index < -0.39 is 17.5 Å². The van der Waals surface area contributed by atoms with Gasteiger partial charge in [-0.25, -0.2) is 9.18 Å². The summed E-state index contributed by atoms with van der Waals surface area (Å²) >= 11 is 0. The number of aromatic nitrogens is 2. The molecule has 0 saturated carbocycles. The van der Waals surface area contributed by atoms with Crippen LogP contribution in [-0.4, -0.2) is 22.3 Å². The van der Waals surface area contributed by atoms with Crippen LogP contribution < -0.4 is 15.8 Å². The van der Waals surface area contributed by atoms with Gasteiger partial charge in [0, 0.05) is 5.56 Å². The van der Waals surface area contributed by atoms with Gasteiger partial charge in [-0.3, -0.25) is 4.79 Å². The highest BCUT2D eigenvalue weighted by molar-refractivity contribution is 5.92. The third-order valence-electron chi connectivity index (χ3n) is 3.45. The summed E-state index contributed by atoms with van der Waals surface area (Å²) < 4.78 is 24.3. The van der Waals surface area contributed by atoms with Crippen molar-refractivity contribution >= 4 is 11.6 Å². The highest BCUT2D eigenvalue weighted by Crippen LogP contribution is 2.23. The van der Waals surface area contributed by atoms with E-state index in [-0.39, 0.29) is 12.4 Å². The number of anilines is 1. The Bertz CT molecular complexity index is 963. The minimum absolute atomic E-state index is 0.0116. The number of amides is 1. The minimum atomic E-state index is -0.780. The lowest BCUT2D eigenvalue weighted by atomic mass is 10.2. The highest BCUT2D eigenvalue weighted by Gasteiger charge is 2.14. The largest absolute Gasteiger partial charge is 0.492 e. The van der Waals surface area contributed by atoms with E-state index in [2.05, 4.69) is 10.4 Å². The van der Waals surface area contributed by atoms with E-state index in [4.69, 9.17) is 9.15 Å². The summed E-state index contributed by atoms with van der Waals surface area (Å²) in [4.78, 5) is 24.1. The average Bonchev–Trinajstić information content (AvgIpc) is 2.98. The van der Waals surface area contributed by atoms with Gasteiger partial charge in [0.05, 0.1) is 12.3 Å². The van der Waals surface area contributed by atoms with Crippen molar-refractivity contribution < 1.29 is 18.3 Å². The van der Waals surface area contributed by atoms with E-state index in [0.717, 1.165) is 4.68 Å². The molecule has 1 N–H and O–H groups in total. The first-order valence-corrected chi connectivity index (χ1v) is 7.92. The Labute approximate surface area is 148 Å². The maximum absolute atomic E-state index is 13.0. The van der Waals surface area contributed by atoms with E-state index in [9.17, 15) is 14.0 Å². The number of hydrogen-bond acceptors (Lipinski definition) is 5. The fraction of sp³-hybridized carbons (Fsp3) is 0.167. The molecule has 0 atom stereocenters. The van der Waals surface area contributed by atoms with Gasteiger partial charge < -0.3 is 14.5 Å². The van der Waals surface area contributed by atoms with Gasteiger partial charge in [-0.05, 0) is 43.3 Å². The standard InChI is InChI=1S/C18H16FN3O4/c1-2-25-15-6-4-3-5-14(15)20-16(23)11-22-18(24)26-17(21-22)12-7-9-13(19)10-8-12/h3-10H,2,11H2,1H3,(H,20,23). The molecule has 0 aliphatic heterocycles. The molecule has 1 amide bonds. The second kappa shape index (κ2) is 7.64. The van der Waals surface area contributed by atoms with E-state index in [1.54, 1.807) is 24.3 Å². The molecule has 26 heavy (non-hydrogen) atoms. The summed E-state index contributed by atoms with van der Waals surface area (Å²) in [5.41, 5.74) is 0.930. The monoisotopic (exact) mass is 357 g/mol.